The average Bonchev–Trinajstić information content (AvgIpc) is 2.76. The van der Waals surface area contributed by atoms with Crippen LogP contribution in [0.4, 0.5) is 5.69 Å². The van der Waals surface area contributed by atoms with Gasteiger partial charge in [0.25, 0.3) is 5.89 Å². The molecule has 3 rings (SSSR count). The lowest BCUT2D eigenvalue weighted by atomic mass is 9.85. The van der Waals surface area contributed by atoms with E-state index in [2.05, 4.69) is 20.4 Å². The third-order valence-corrected chi connectivity index (χ3v) is 3.27. The van der Waals surface area contributed by atoms with Crippen LogP contribution in [0.25, 0.3) is 11.5 Å². The van der Waals surface area contributed by atoms with Crippen molar-refractivity contribution < 1.29 is 9.32 Å². The van der Waals surface area contributed by atoms with Gasteiger partial charge in [-0.25, -0.2) is 0 Å². The molecule has 1 aliphatic rings. The highest BCUT2D eigenvalue weighted by atomic mass is 16.5. The first-order valence-corrected chi connectivity index (χ1v) is 6.29. The fourth-order valence-corrected chi connectivity index (χ4v) is 2.05. The number of rotatable bonds is 3. The van der Waals surface area contributed by atoms with Gasteiger partial charge in [0.05, 0.1) is 17.4 Å². The van der Waals surface area contributed by atoms with E-state index in [1.54, 1.807) is 18.5 Å². The van der Waals surface area contributed by atoms with Crippen molar-refractivity contribution in [3.63, 3.8) is 0 Å². The molecule has 6 heteroatoms. The Labute approximate surface area is 110 Å². The number of nitrogens with zero attached hydrogens (tertiary/aromatic N) is 3. The molecule has 0 atom stereocenters. The van der Waals surface area contributed by atoms with Crippen LogP contribution in [0.5, 0.6) is 0 Å². The predicted molar refractivity (Wildman–Crippen MR) is 68.4 cm³/mol. The van der Waals surface area contributed by atoms with Gasteiger partial charge in [-0.15, -0.1) is 0 Å². The number of anilines is 1. The smallest absolute Gasteiger partial charge is 0.260 e. The molecule has 0 unspecified atom stereocenters. The number of hydrogen-bond donors (Lipinski definition) is 1. The maximum atomic E-state index is 11.2. The molecular weight excluding hydrogens is 244 g/mol. The minimum Gasteiger partial charge on any atom is -0.334 e. The van der Waals surface area contributed by atoms with E-state index in [9.17, 15) is 4.79 Å². The number of pyridine rings is 1. The third-order valence-electron chi connectivity index (χ3n) is 3.27. The summed E-state index contributed by atoms with van der Waals surface area (Å²) in [5.41, 5.74) is 1.28. The zero-order valence-corrected chi connectivity index (χ0v) is 10.6. The highest BCUT2D eigenvalue weighted by molar-refractivity contribution is 5.92. The molecule has 0 radical (unpaired) electrons. The minimum absolute atomic E-state index is 0.159. The fraction of sp³-hybridized carbons (Fsp3) is 0.385. The van der Waals surface area contributed by atoms with Gasteiger partial charge >= 0.3 is 0 Å². The minimum atomic E-state index is -0.159. The van der Waals surface area contributed by atoms with Crippen molar-refractivity contribution >= 4 is 11.6 Å². The largest absolute Gasteiger partial charge is 0.334 e. The van der Waals surface area contributed by atoms with Gasteiger partial charge in [-0.2, -0.15) is 4.98 Å². The number of aromatic nitrogens is 3. The van der Waals surface area contributed by atoms with E-state index in [-0.39, 0.29) is 5.91 Å². The Hall–Kier alpha value is -2.24. The zero-order valence-electron chi connectivity index (χ0n) is 10.6. The normalized spacial score (nSPS) is 15.0. The molecule has 1 N–H and O–H groups in total. The molecule has 6 nitrogen and oxygen atoms in total. The topological polar surface area (TPSA) is 80.9 Å². The second-order valence-electron chi connectivity index (χ2n) is 4.69. The Morgan fingerprint density at radius 3 is 3.00 bits per heavy atom. The van der Waals surface area contributed by atoms with Crippen LogP contribution in [0.1, 0.15) is 37.9 Å². The quantitative estimate of drug-likeness (QED) is 0.913. The first-order valence-electron chi connectivity index (χ1n) is 6.29. The number of hydrogen-bond acceptors (Lipinski definition) is 5. The van der Waals surface area contributed by atoms with E-state index in [0.717, 1.165) is 18.7 Å². The molecule has 1 fully saturated rings. The molecule has 2 heterocycles. The first kappa shape index (κ1) is 11.8. The van der Waals surface area contributed by atoms with Gasteiger partial charge in [-0.1, -0.05) is 11.6 Å². The summed E-state index contributed by atoms with van der Waals surface area (Å²) in [7, 11) is 0. The molecule has 0 bridgehead atoms. The number of nitrogens with one attached hydrogen (secondary N) is 1. The summed E-state index contributed by atoms with van der Waals surface area (Å²) in [6.45, 7) is 1.45. The van der Waals surface area contributed by atoms with Gasteiger partial charge < -0.3 is 9.84 Å². The van der Waals surface area contributed by atoms with Gasteiger partial charge in [0.15, 0.2) is 5.82 Å². The summed E-state index contributed by atoms with van der Waals surface area (Å²) in [5.74, 6) is 1.44. The second kappa shape index (κ2) is 4.79. The van der Waals surface area contributed by atoms with Crippen LogP contribution in [-0.4, -0.2) is 21.0 Å². The van der Waals surface area contributed by atoms with E-state index in [1.807, 2.05) is 0 Å². The molecule has 1 aliphatic carbocycles. The van der Waals surface area contributed by atoms with Crippen LogP contribution in [0.2, 0.25) is 0 Å². The molecular formula is C13H14N4O2. The van der Waals surface area contributed by atoms with Crippen molar-refractivity contribution in [1.82, 2.24) is 15.1 Å². The predicted octanol–water partition coefficient (Wildman–Crippen LogP) is 2.36. The molecule has 0 aliphatic heterocycles. The summed E-state index contributed by atoms with van der Waals surface area (Å²) in [4.78, 5) is 19.6. The lowest BCUT2D eigenvalue weighted by molar-refractivity contribution is -0.114. The SMILES string of the molecule is CC(=O)Nc1cnccc1-c1nc(C2CCC2)no1. The van der Waals surface area contributed by atoms with Crippen molar-refractivity contribution in [2.24, 2.45) is 0 Å². The number of carbonyl (C=O) groups excluding carboxylic acids is 1. The Balaban J connectivity index is 1.92. The Bertz CT molecular complexity index is 604. The highest BCUT2D eigenvalue weighted by Gasteiger charge is 2.25. The summed E-state index contributed by atoms with van der Waals surface area (Å²) < 4.78 is 5.29. The van der Waals surface area contributed by atoms with Crippen LogP contribution in [0.15, 0.2) is 23.0 Å². The van der Waals surface area contributed by atoms with Gasteiger partial charge in [0.1, 0.15) is 0 Å². The van der Waals surface area contributed by atoms with Gasteiger partial charge in [0, 0.05) is 19.0 Å². The lowest BCUT2D eigenvalue weighted by Crippen LogP contribution is -2.10. The molecule has 1 saturated carbocycles. The summed E-state index contributed by atoms with van der Waals surface area (Å²) >= 11 is 0. The summed E-state index contributed by atoms with van der Waals surface area (Å²) in [6.07, 6.45) is 6.67. The van der Waals surface area contributed by atoms with Crippen molar-refractivity contribution in [2.45, 2.75) is 32.1 Å². The van der Waals surface area contributed by atoms with Crippen LogP contribution in [0, 0.1) is 0 Å². The van der Waals surface area contributed by atoms with Crippen LogP contribution < -0.4 is 5.32 Å². The third kappa shape index (κ3) is 2.33. The fourth-order valence-electron chi connectivity index (χ4n) is 2.05. The van der Waals surface area contributed by atoms with Crippen LogP contribution >= 0.6 is 0 Å². The second-order valence-corrected chi connectivity index (χ2v) is 4.69. The van der Waals surface area contributed by atoms with Crippen LogP contribution in [0.3, 0.4) is 0 Å². The lowest BCUT2D eigenvalue weighted by Gasteiger charge is -2.20. The average molecular weight is 258 g/mol. The molecule has 0 saturated heterocycles. The van der Waals surface area contributed by atoms with E-state index in [4.69, 9.17) is 4.52 Å². The van der Waals surface area contributed by atoms with Gasteiger partial charge in [-0.05, 0) is 18.9 Å². The molecule has 0 aromatic carbocycles. The van der Waals surface area contributed by atoms with E-state index in [1.165, 1.54) is 13.3 Å². The number of amides is 1. The molecule has 2 aromatic rings. The molecule has 98 valence electrons. The zero-order chi connectivity index (χ0) is 13.2. The molecule has 2 aromatic heterocycles. The Kier molecular flexibility index (Phi) is 2.98. The van der Waals surface area contributed by atoms with Gasteiger partial charge in [-0.3, -0.25) is 9.78 Å². The summed E-state index contributed by atoms with van der Waals surface area (Å²) in [6, 6.07) is 1.75. The van der Waals surface area contributed by atoms with Crippen molar-refractivity contribution in [2.75, 3.05) is 5.32 Å². The molecule has 0 spiro atoms. The van der Waals surface area contributed by atoms with Crippen LogP contribution in [-0.2, 0) is 4.79 Å². The Morgan fingerprint density at radius 2 is 2.32 bits per heavy atom. The van der Waals surface area contributed by atoms with Crippen molar-refractivity contribution in [3.8, 4) is 11.5 Å². The molecule has 1 amide bonds. The Morgan fingerprint density at radius 1 is 1.47 bits per heavy atom. The van der Waals surface area contributed by atoms with E-state index >= 15 is 0 Å². The summed E-state index contributed by atoms with van der Waals surface area (Å²) in [5, 5.41) is 6.72. The van der Waals surface area contributed by atoms with E-state index in [0.29, 0.717) is 23.1 Å². The van der Waals surface area contributed by atoms with Crippen molar-refractivity contribution in [1.29, 1.82) is 0 Å². The van der Waals surface area contributed by atoms with Gasteiger partial charge in [0.2, 0.25) is 5.91 Å². The molecule has 19 heavy (non-hydrogen) atoms. The standard InChI is InChI=1S/C13H14N4O2/c1-8(18)15-11-7-14-6-5-10(11)13-16-12(17-19-13)9-3-2-4-9/h5-7,9H,2-4H2,1H3,(H,15,18). The number of carbonyl (C=O) groups is 1. The first-order chi connectivity index (χ1) is 9.24. The van der Waals surface area contributed by atoms with Crippen molar-refractivity contribution in [3.05, 3.63) is 24.3 Å². The maximum absolute atomic E-state index is 11.2. The monoisotopic (exact) mass is 258 g/mol. The maximum Gasteiger partial charge on any atom is 0.260 e. The van der Waals surface area contributed by atoms with E-state index < -0.39 is 0 Å². The highest BCUT2D eigenvalue weighted by Crippen LogP contribution is 2.36.